The molecule has 3 rings (SSSR count). The Hall–Kier alpha value is -2.54. The molecule has 0 aliphatic rings. The molecule has 0 aliphatic carbocycles. The molecule has 2 aromatic carbocycles. The number of hydrogen-bond donors (Lipinski definition) is 1. The van der Waals surface area contributed by atoms with E-state index in [1.54, 1.807) is 23.0 Å². The van der Waals surface area contributed by atoms with E-state index in [-0.39, 0.29) is 12.5 Å². The molecule has 0 unspecified atom stereocenters. The molecule has 0 aliphatic heterocycles. The average Bonchev–Trinajstić information content (AvgIpc) is 2.93. The Morgan fingerprint density at radius 3 is 3.00 bits per heavy atom. The summed E-state index contributed by atoms with van der Waals surface area (Å²) in [5.41, 5.74) is 4.36. The Morgan fingerprint density at radius 2 is 2.17 bits per heavy atom. The third kappa shape index (κ3) is 3.62. The average molecular weight is 375 g/mol. The summed E-state index contributed by atoms with van der Waals surface area (Å²) < 4.78 is 16.0. The van der Waals surface area contributed by atoms with Crippen LogP contribution in [0.15, 0.2) is 58.4 Å². The van der Waals surface area contributed by atoms with Crippen LogP contribution in [0.3, 0.4) is 0 Å². The summed E-state index contributed by atoms with van der Waals surface area (Å²) in [6.07, 6.45) is 2.87. The van der Waals surface area contributed by atoms with Crippen molar-refractivity contribution in [3.05, 3.63) is 64.6 Å². The number of nitrogens with one attached hydrogen (secondary N) is 1. The van der Waals surface area contributed by atoms with Gasteiger partial charge in [0, 0.05) is 10.0 Å². The molecule has 1 heterocycles. The van der Waals surface area contributed by atoms with Crippen LogP contribution in [0.4, 0.5) is 4.39 Å². The molecule has 23 heavy (non-hydrogen) atoms. The Morgan fingerprint density at radius 1 is 1.35 bits per heavy atom. The van der Waals surface area contributed by atoms with Crippen LogP contribution < -0.4 is 5.43 Å². The molecule has 1 N–H and O–H groups in total. The van der Waals surface area contributed by atoms with Crippen LogP contribution in [0.5, 0.6) is 0 Å². The monoisotopic (exact) mass is 374 g/mol. The zero-order valence-corrected chi connectivity index (χ0v) is 13.5. The van der Waals surface area contributed by atoms with Gasteiger partial charge in [0.05, 0.1) is 23.6 Å². The lowest BCUT2D eigenvalue weighted by atomic mass is 10.2. The quantitative estimate of drug-likeness (QED) is 0.563. The molecule has 7 heteroatoms. The molecule has 3 aromatic rings. The van der Waals surface area contributed by atoms with Gasteiger partial charge >= 0.3 is 0 Å². The number of fused-ring (bicyclic) bond motifs is 1. The van der Waals surface area contributed by atoms with E-state index in [0.29, 0.717) is 10.0 Å². The summed E-state index contributed by atoms with van der Waals surface area (Å²) in [6, 6.07) is 12.1. The van der Waals surface area contributed by atoms with Crippen LogP contribution in [0.25, 0.3) is 11.0 Å². The summed E-state index contributed by atoms with van der Waals surface area (Å²) >= 11 is 3.18. The molecule has 1 amide bonds. The standard InChI is InChI=1S/C16H12BrFN4O/c17-12-6-5-11(13(18)7-12)8-20-21-16(23)9-22-10-19-14-3-1-2-4-15(14)22/h1-8,10H,9H2,(H,21,23)/b20-8-. The van der Waals surface area contributed by atoms with Gasteiger partial charge in [-0.15, -0.1) is 0 Å². The molecule has 5 nitrogen and oxygen atoms in total. The van der Waals surface area contributed by atoms with Crippen LogP contribution in [0.2, 0.25) is 0 Å². The summed E-state index contributed by atoms with van der Waals surface area (Å²) in [7, 11) is 0. The highest BCUT2D eigenvalue weighted by atomic mass is 79.9. The van der Waals surface area contributed by atoms with Crippen molar-refractivity contribution < 1.29 is 9.18 Å². The van der Waals surface area contributed by atoms with Gasteiger partial charge in [-0.2, -0.15) is 5.10 Å². The maximum atomic E-state index is 13.6. The van der Waals surface area contributed by atoms with Crippen LogP contribution in [0, 0.1) is 5.82 Å². The number of rotatable bonds is 4. The molecule has 0 spiro atoms. The molecule has 0 atom stereocenters. The van der Waals surface area contributed by atoms with Gasteiger partial charge in [-0.1, -0.05) is 28.1 Å². The molecule has 0 fully saturated rings. The first-order chi connectivity index (χ1) is 11.1. The molecule has 0 saturated heterocycles. The highest BCUT2D eigenvalue weighted by molar-refractivity contribution is 9.10. The highest BCUT2D eigenvalue weighted by Crippen LogP contribution is 2.14. The van der Waals surface area contributed by atoms with Gasteiger partial charge in [0.15, 0.2) is 0 Å². The van der Waals surface area contributed by atoms with Crippen LogP contribution in [-0.2, 0) is 11.3 Å². The van der Waals surface area contributed by atoms with Crippen molar-refractivity contribution in [2.45, 2.75) is 6.54 Å². The predicted octanol–water partition coefficient (Wildman–Crippen LogP) is 3.09. The largest absolute Gasteiger partial charge is 0.321 e. The van der Waals surface area contributed by atoms with E-state index < -0.39 is 5.82 Å². The minimum atomic E-state index is -0.419. The van der Waals surface area contributed by atoms with Gasteiger partial charge < -0.3 is 4.57 Å². The predicted molar refractivity (Wildman–Crippen MR) is 89.6 cm³/mol. The van der Waals surface area contributed by atoms with Crippen LogP contribution >= 0.6 is 15.9 Å². The summed E-state index contributed by atoms with van der Waals surface area (Å²) in [4.78, 5) is 16.1. The summed E-state index contributed by atoms with van der Waals surface area (Å²) in [6.45, 7) is 0.0840. The van der Waals surface area contributed by atoms with Gasteiger partial charge in [0.1, 0.15) is 12.4 Å². The first-order valence-electron chi connectivity index (χ1n) is 6.80. The Bertz CT molecular complexity index is 891. The topological polar surface area (TPSA) is 59.3 Å². The van der Waals surface area contributed by atoms with Crippen molar-refractivity contribution in [1.29, 1.82) is 0 Å². The summed E-state index contributed by atoms with van der Waals surface area (Å²) in [5.74, 6) is -0.736. The van der Waals surface area contributed by atoms with Crippen molar-refractivity contribution in [3.8, 4) is 0 Å². The number of carbonyl (C=O) groups is 1. The molecule has 116 valence electrons. The fourth-order valence-electron chi connectivity index (χ4n) is 2.11. The van der Waals surface area contributed by atoms with Crippen molar-refractivity contribution in [2.75, 3.05) is 0 Å². The van der Waals surface area contributed by atoms with Gasteiger partial charge in [-0.3, -0.25) is 4.79 Å². The van der Waals surface area contributed by atoms with Crippen molar-refractivity contribution in [1.82, 2.24) is 15.0 Å². The van der Waals surface area contributed by atoms with Gasteiger partial charge in [0.2, 0.25) is 0 Å². The molecular formula is C16H12BrFN4O. The number of hydrogen-bond acceptors (Lipinski definition) is 3. The molecular weight excluding hydrogens is 363 g/mol. The van der Waals surface area contributed by atoms with E-state index in [2.05, 4.69) is 31.4 Å². The van der Waals surface area contributed by atoms with Crippen molar-refractivity contribution >= 4 is 39.1 Å². The lowest BCUT2D eigenvalue weighted by Crippen LogP contribution is -2.22. The maximum absolute atomic E-state index is 13.6. The zero-order chi connectivity index (χ0) is 16.2. The van der Waals surface area contributed by atoms with Gasteiger partial charge in [0.25, 0.3) is 5.91 Å². The number of carbonyl (C=O) groups excluding carboxylic acids is 1. The number of aromatic nitrogens is 2. The van der Waals surface area contributed by atoms with Gasteiger partial charge in [-0.25, -0.2) is 14.8 Å². The summed E-state index contributed by atoms with van der Waals surface area (Å²) in [5, 5.41) is 3.78. The first kappa shape index (κ1) is 15.4. The molecule has 0 radical (unpaired) electrons. The van der Waals surface area contributed by atoms with E-state index in [1.165, 1.54) is 12.3 Å². The second kappa shape index (κ2) is 6.70. The molecule has 0 bridgehead atoms. The number of hydrazone groups is 1. The fraction of sp³-hybridized carbons (Fsp3) is 0.0625. The number of amides is 1. The Kier molecular flexibility index (Phi) is 4.47. The minimum Gasteiger partial charge on any atom is -0.321 e. The second-order valence-electron chi connectivity index (χ2n) is 4.82. The lowest BCUT2D eigenvalue weighted by Gasteiger charge is -2.03. The Balaban J connectivity index is 1.64. The number of para-hydroxylation sites is 2. The Labute approximate surface area is 140 Å². The minimum absolute atomic E-state index is 0.0840. The third-order valence-corrected chi connectivity index (χ3v) is 3.69. The van der Waals surface area contributed by atoms with Gasteiger partial charge in [-0.05, 0) is 30.3 Å². The van der Waals surface area contributed by atoms with E-state index >= 15 is 0 Å². The molecule has 1 aromatic heterocycles. The van der Waals surface area contributed by atoms with Crippen LogP contribution in [-0.4, -0.2) is 21.7 Å². The highest BCUT2D eigenvalue weighted by Gasteiger charge is 2.06. The van der Waals surface area contributed by atoms with E-state index in [0.717, 1.165) is 11.0 Å². The number of halogens is 2. The number of nitrogens with zero attached hydrogens (tertiary/aromatic N) is 3. The normalized spacial score (nSPS) is 11.2. The van der Waals surface area contributed by atoms with Crippen molar-refractivity contribution in [2.24, 2.45) is 5.10 Å². The molecule has 0 saturated carbocycles. The first-order valence-corrected chi connectivity index (χ1v) is 7.59. The lowest BCUT2D eigenvalue weighted by molar-refractivity contribution is -0.121. The van der Waals surface area contributed by atoms with Crippen LogP contribution in [0.1, 0.15) is 5.56 Å². The fourth-order valence-corrected chi connectivity index (χ4v) is 2.44. The maximum Gasteiger partial charge on any atom is 0.260 e. The van der Waals surface area contributed by atoms with E-state index in [4.69, 9.17) is 0 Å². The third-order valence-electron chi connectivity index (χ3n) is 3.20. The zero-order valence-electron chi connectivity index (χ0n) is 11.9. The van der Waals surface area contributed by atoms with E-state index in [1.807, 2.05) is 24.3 Å². The van der Waals surface area contributed by atoms with Crippen molar-refractivity contribution in [3.63, 3.8) is 0 Å². The smallest absolute Gasteiger partial charge is 0.260 e. The SMILES string of the molecule is O=C(Cn1cnc2ccccc21)N/N=C\c1ccc(Br)cc1F. The number of imidazole rings is 1. The number of benzene rings is 2. The second-order valence-corrected chi connectivity index (χ2v) is 5.74. The van der Waals surface area contributed by atoms with E-state index in [9.17, 15) is 9.18 Å².